The number of nitrogens with zero attached hydrogens (tertiary/aromatic N) is 1. The van der Waals surface area contributed by atoms with Gasteiger partial charge in [0.15, 0.2) is 0 Å². The molecule has 0 aliphatic carbocycles. The van der Waals surface area contributed by atoms with Crippen LogP contribution in [0.4, 0.5) is 0 Å². The molecule has 0 spiro atoms. The third-order valence-electron chi connectivity index (χ3n) is 3.66. The molecule has 0 saturated carbocycles. The third-order valence-corrected chi connectivity index (χ3v) is 5.12. The number of sulfonamides is 1. The summed E-state index contributed by atoms with van der Waals surface area (Å²) in [7, 11) is -3.65. The largest absolute Gasteiger partial charge is 0.492 e. The van der Waals surface area contributed by atoms with Crippen LogP contribution >= 0.6 is 0 Å². The summed E-state index contributed by atoms with van der Waals surface area (Å²) in [4.78, 5) is 0.0704. The zero-order valence-corrected chi connectivity index (χ0v) is 15.4. The summed E-state index contributed by atoms with van der Waals surface area (Å²) in [6.45, 7) is 6.77. The number of rotatable bonds is 6. The van der Waals surface area contributed by atoms with Crippen molar-refractivity contribution in [1.82, 2.24) is 4.72 Å². The van der Waals surface area contributed by atoms with E-state index in [1.165, 1.54) is 17.7 Å². The minimum atomic E-state index is -3.65. The minimum absolute atomic E-state index is 0.0704. The Balaban J connectivity index is 1.89. The Hall–Kier alpha value is -2.36. The molecular formula is C19H22N2O3S. The van der Waals surface area contributed by atoms with Crippen LogP contribution in [0.25, 0.3) is 0 Å². The first-order chi connectivity index (χ1) is 11.7. The minimum Gasteiger partial charge on any atom is -0.492 e. The quantitative estimate of drug-likeness (QED) is 0.804. The number of hydrogen-bond acceptors (Lipinski definition) is 4. The second-order valence-corrected chi connectivity index (χ2v) is 8.43. The maximum Gasteiger partial charge on any atom is 0.240 e. The molecule has 0 fully saturated rings. The van der Waals surface area contributed by atoms with Crippen LogP contribution in [0.2, 0.25) is 0 Å². The predicted molar refractivity (Wildman–Crippen MR) is 97.0 cm³/mol. The van der Waals surface area contributed by atoms with Gasteiger partial charge in [-0.25, -0.2) is 13.1 Å². The number of benzene rings is 2. The summed E-state index contributed by atoms with van der Waals surface area (Å²) in [5, 5.41) is 8.85. The van der Waals surface area contributed by atoms with E-state index in [4.69, 9.17) is 10.00 Å². The SMILES string of the molecule is CC(C)(C)c1ccc(OCCNS(=O)(=O)c2cccc(C#N)c2)cc1. The molecule has 0 heterocycles. The van der Waals surface area contributed by atoms with Crippen LogP contribution in [0.1, 0.15) is 31.9 Å². The second kappa shape index (κ2) is 7.68. The van der Waals surface area contributed by atoms with E-state index in [0.717, 1.165) is 0 Å². The highest BCUT2D eigenvalue weighted by atomic mass is 32.2. The highest BCUT2D eigenvalue weighted by Gasteiger charge is 2.14. The normalized spacial score (nSPS) is 11.8. The Morgan fingerprint density at radius 2 is 1.80 bits per heavy atom. The molecule has 0 unspecified atom stereocenters. The lowest BCUT2D eigenvalue weighted by Crippen LogP contribution is -2.28. The van der Waals surface area contributed by atoms with Gasteiger partial charge in [-0.3, -0.25) is 0 Å². The molecule has 1 N–H and O–H groups in total. The Labute approximate surface area is 149 Å². The maximum absolute atomic E-state index is 12.2. The van der Waals surface area contributed by atoms with Gasteiger partial charge in [0, 0.05) is 6.54 Å². The highest BCUT2D eigenvalue weighted by molar-refractivity contribution is 7.89. The summed E-state index contributed by atoms with van der Waals surface area (Å²) in [5.74, 6) is 0.693. The van der Waals surface area contributed by atoms with E-state index in [0.29, 0.717) is 11.3 Å². The van der Waals surface area contributed by atoms with Gasteiger partial charge in [-0.05, 0) is 41.3 Å². The van der Waals surface area contributed by atoms with Crippen molar-refractivity contribution in [3.8, 4) is 11.8 Å². The van der Waals surface area contributed by atoms with E-state index >= 15 is 0 Å². The summed E-state index contributed by atoms with van der Waals surface area (Å²) in [6.07, 6.45) is 0. The van der Waals surface area contributed by atoms with Crippen LogP contribution in [0.3, 0.4) is 0 Å². The van der Waals surface area contributed by atoms with Crippen LogP contribution in [-0.2, 0) is 15.4 Å². The van der Waals surface area contributed by atoms with Gasteiger partial charge in [-0.1, -0.05) is 39.0 Å². The monoisotopic (exact) mass is 358 g/mol. The lowest BCUT2D eigenvalue weighted by atomic mass is 9.87. The Bertz CT molecular complexity index is 861. The molecule has 2 rings (SSSR count). The van der Waals surface area contributed by atoms with E-state index in [1.807, 2.05) is 30.3 Å². The summed E-state index contributed by atoms with van der Waals surface area (Å²) in [6, 6.07) is 15.6. The van der Waals surface area contributed by atoms with E-state index in [1.54, 1.807) is 12.1 Å². The van der Waals surface area contributed by atoms with Gasteiger partial charge < -0.3 is 4.74 Å². The Kier molecular flexibility index (Phi) is 5.83. The standard InChI is InChI=1S/C19H22N2O3S/c1-19(2,3)16-7-9-17(10-8-16)24-12-11-21-25(22,23)18-6-4-5-15(13-18)14-20/h4-10,13,21H,11-12H2,1-3H3. The first-order valence-corrected chi connectivity index (χ1v) is 9.44. The van der Waals surface area contributed by atoms with E-state index in [-0.39, 0.29) is 23.5 Å². The lowest BCUT2D eigenvalue weighted by molar-refractivity contribution is 0.322. The fraction of sp³-hybridized carbons (Fsp3) is 0.316. The molecular weight excluding hydrogens is 336 g/mol. The topological polar surface area (TPSA) is 79.2 Å². The second-order valence-electron chi connectivity index (χ2n) is 6.66. The van der Waals surface area contributed by atoms with Gasteiger partial charge in [0.05, 0.1) is 16.5 Å². The average Bonchev–Trinajstić information content (AvgIpc) is 2.58. The molecule has 0 saturated heterocycles. The summed E-state index contributed by atoms with van der Waals surface area (Å²) >= 11 is 0. The Morgan fingerprint density at radius 1 is 1.12 bits per heavy atom. The maximum atomic E-state index is 12.2. The van der Waals surface area contributed by atoms with E-state index in [9.17, 15) is 8.42 Å². The van der Waals surface area contributed by atoms with Crippen LogP contribution in [0.15, 0.2) is 53.4 Å². The molecule has 132 valence electrons. The van der Waals surface area contributed by atoms with Gasteiger partial charge in [-0.15, -0.1) is 0 Å². The Morgan fingerprint density at radius 3 is 2.40 bits per heavy atom. The summed E-state index contributed by atoms with van der Waals surface area (Å²) < 4.78 is 32.4. The van der Waals surface area contributed by atoms with Crippen molar-refractivity contribution in [2.45, 2.75) is 31.1 Å². The van der Waals surface area contributed by atoms with Gasteiger partial charge in [0.2, 0.25) is 10.0 Å². The lowest BCUT2D eigenvalue weighted by Gasteiger charge is -2.19. The fourth-order valence-corrected chi connectivity index (χ4v) is 3.27. The van der Waals surface area contributed by atoms with E-state index in [2.05, 4.69) is 25.5 Å². The first kappa shape index (κ1) is 19.0. The van der Waals surface area contributed by atoms with Gasteiger partial charge in [0.1, 0.15) is 12.4 Å². The average molecular weight is 358 g/mol. The molecule has 0 bridgehead atoms. The van der Waals surface area contributed by atoms with Crippen molar-refractivity contribution < 1.29 is 13.2 Å². The molecule has 5 nitrogen and oxygen atoms in total. The van der Waals surface area contributed by atoms with Gasteiger partial charge in [-0.2, -0.15) is 5.26 Å². The van der Waals surface area contributed by atoms with Crippen molar-refractivity contribution >= 4 is 10.0 Å². The molecule has 0 atom stereocenters. The molecule has 0 aliphatic rings. The van der Waals surface area contributed by atoms with Gasteiger partial charge >= 0.3 is 0 Å². The third kappa shape index (κ3) is 5.31. The zero-order chi connectivity index (χ0) is 18.5. The molecule has 0 aliphatic heterocycles. The van der Waals surface area contributed by atoms with Gasteiger partial charge in [0.25, 0.3) is 0 Å². The molecule has 2 aromatic carbocycles. The highest BCUT2D eigenvalue weighted by Crippen LogP contribution is 2.24. The van der Waals surface area contributed by atoms with Crippen molar-refractivity contribution in [1.29, 1.82) is 5.26 Å². The smallest absolute Gasteiger partial charge is 0.240 e. The van der Waals surface area contributed by atoms with Crippen LogP contribution in [0.5, 0.6) is 5.75 Å². The molecule has 0 amide bonds. The van der Waals surface area contributed by atoms with E-state index < -0.39 is 10.0 Å². The van der Waals surface area contributed by atoms with Crippen molar-refractivity contribution in [2.24, 2.45) is 0 Å². The number of hydrogen-bond donors (Lipinski definition) is 1. The first-order valence-electron chi connectivity index (χ1n) is 7.95. The van der Waals surface area contributed by atoms with Crippen molar-refractivity contribution in [3.63, 3.8) is 0 Å². The van der Waals surface area contributed by atoms with Crippen molar-refractivity contribution in [2.75, 3.05) is 13.2 Å². The van der Waals surface area contributed by atoms with Crippen LogP contribution < -0.4 is 9.46 Å². The summed E-state index contributed by atoms with van der Waals surface area (Å²) in [5.41, 5.74) is 1.59. The fourth-order valence-electron chi connectivity index (χ4n) is 2.21. The number of nitriles is 1. The number of nitrogens with one attached hydrogen (secondary N) is 1. The molecule has 0 aromatic heterocycles. The van der Waals surface area contributed by atoms with Crippen molar-refractivity contribution in [3.05, 3.63) is 59.7 Å². The molecule has 25 heavy (non-hydrogen) atoms. The predicted octanol–water partition coefficient (Wildman–Crippen LogP) is 3.21. The molecule has 2 aromatic rings. The zero-order valence-electron chi connectivity index (χ0n) is 14.6. The van der Waals surface area contributed by atoms with Crippen LogP contribution in [0, 0.1) is 11.3 Å². The molecule has 0 radical (unpaired) electrons. The number of ether oxygens (including phenoxy) is 1. The molecule has 6 heteroatoms. The van der Waals surface area contributed by atoms with Crippen LogP contribution in [-0.4, -0.2) is 21.6 Å².